The zero-order valence-electron chi connectivity index (χ0n) is 19.1. The Balaban J connectivity index is 1.68. The fraction of sp³-hybridized carbons (Fsp3) is 0.375. The average molecular weight is 430 g/mol. The van der Waals surface area contributed by atoms with Gasteiger partial charge in [-0.3, -0.25) is 9.69 Å². The number of hydrogen-bond donors (Lipinski definition) is 0. The third-order valence-electron chi connectivity index (χ3n) is 5.95. The number of rotatable bonds is 3. The van der Waals surface area contributed by atoms with E-state index in [0.717, 1.165) is 33.6 Å². The molecule has 4 heterocycles. The topological polar surface area (TPSA) is 80.0 Å². The molecule has 1 amide bonds. The van der Waals surface area contributed by atoms with Crippen molar-refractivity contribution in [3.8, 4) is 0 Å². The Labute approximate surface area is 186 Å². The van der Waals surface area contributed by atoms with E-state index in [9.17, 15) is 4.79 Å². The van der Waals surface area contributed by atoms with Crippen molar-refractivity contribution in [2.24, 2.45) is 0 Å². The number of carbonyl (C=O) groups is 1. The molecule has 1 aromatic carbocycles. The Morgan fingerprint density at radius 3 is 2.31 bits per heavy atom. The van der Waals surface area contributed by atoms with Crippen LogP contribution in [0.1, 0.15) is 55.7 Å². The maximum atomic E-state index is 13.9. The predicted octanol–water partition coefficient (Wildman–Crippen LogP) is 4.18. The van der Waals surface area contributed by atoms with Gasteiger partial charge in [0.05, 0.1) is 28.2 Å². The Hall–Kier alpha value is -3.55. The molecular weight excluding hydrogens is 402 g/mol. The quantitative estimate of drug-likeness (QED) is 0.486. The summed E-state index contributed by atoms with van der Waals surface area (Å²) in [4.78, 5) is 32.2. The lowest BCUT2D eigenvalue weighted by Crippen LogP contribution is -2.44. The summed E-state index contributed by atoms with van der Waals surface area (Å²) >= 11 is 0. The SMILES string of the molecule is CC(C)c1cc(C(=O)N2CCN(C)c3nc4ccccc4nc32)c2cnn(C(C)C)c2n1. The first-order valence-electron chi connectivity index (χ1n) is 11.0. The summed E-state index contributed by atoms with van der Waals surface area (Å²) in [6.07, 6.45) is 1.75. The van der Waals surface area contributed by atoms with E-state index in [0.29, 0.717) is 24.5 Å². The first kappa shape index (κ1) is 20.4. The molecule has 0 radical (unpaired) electrons. The molecule has 0 bridgehead atoms. The Morgan fingerprint density at radius 2 is 1.66 bits per heavy atom. The van der Waals surface area contributed by atoms with Gasteiger partial charge in [0.1, 0.15) is 0 Å². The molecule has 8 heteroatoms. The molecule has 5 rings (SSSR count). The van der Waals surface area contributed by atoms with Crippen LogP contribution in [0.25, 0.3) is 22.1 Å². The molecule has 8 nitrogen and oxygen atoms in total. The molecule has 0 saturated carbocycles. The van der Waals surface area contributed by atoms with Gasteiger partial charge in [0.2, 0.25) is 0 Å². The van der Waals surface area contributed by atoms with Crippen molar-refractivity contribution < 1.29 is 4.79 Å². The van der Waals surface area contributed by atoms with Crippen LogP contribution in [0.15, 0.2) is 36.5 Å². The van der Waals surface area contributed by atoms with Crippen molar-refractivity contribution in [3.63, 3.8) is 0 Å². The summed E-state index contributed by atoms with van der Waals surface area (Å²) < 4.78 is 1.88. The number of amides is 1. The van der Waals surface area contributed by atoms with Gasteiger partial charge >= 0.3 is 0 Å². The van der Waals surface area contributed by atoms with Crippen LogP contribution in [0.5, 0.6) is 0 Å². The minimum absolute atomic E-state index is 0.0958. The van der Waals surface area contributed by atoms with Gasteiger partial charge in [-0.25, -0.2) is 19.6 Å². The fourth-order valence-electron chi connectivity index (χ4n) is 4.11. The van der Waals surface area contributed by atoms with E-state index in [2.05, 4.69) is 37.7 Å². The van der Waals surface area contributed by atoms with Crippen LogP contribution in [0.3, 0.4) is 0 Å². The maximum absolute atomic E-state index is 13.9. The van der Waals surface area contributed by atoms with Gasteiger partial charge in [0.25, 0.3) is 5.91 Å². The van der Waals surface area contributed by atoms with Gasteiger partial charge in [-0.1, -0.05) is 26.0 Å². The summed E-state index contributed by atoms with van der Waals surface area (Å²) in [5, 5.41) is 5.29. The molecule has 32 heavy (non-hydrogen) atoms. The summed E-state index contributed by atoms with van der Waals surface area (Å²) in [5.74, 6) is 1.40. The number of nitrogens with zero attached hydrogens (tertiary/aromatic N) is 7. The highest BCUT2D eigenvalue weighted by molar-refractivity contribution is 6.14. The van der Waals surface area contributed by atoms with Gasteiger partial charge in [0.15, 0.2) is 17.3 Å². The third-order valence-corrected chi connectivity index (χ3v) is 5.95. The lowest BCUT2D eigenvalue weighted by atomic mass is 10.0. The number of fused-ring (bicyclic) bond motifs is 3. The largest absolute Gasteiger partial charge is 0.355 e. The fourth-order valence-corrected chi connectivity index (χ4v) is 4.11. The van der Waals surface area contributed by atoms with Crippen LogP contribution in [-0.4, -0.2) is 50.8 Å². The van der Waals surface area contributed by atoms with Gasteiger partial charge in [-0.15, -0.1) is 0 Å². The molecule has 0 unspecified atom stereocenters. The monoisotopic (exact) mass is 429 g/mol. The molecule has 4 aromatic rings. The van der Waals surface area contributed by atoms with Crippen molar-refractivity contribution in [1.29, 1.82) is 0 Å². The molecule has 164 valence electrons. The predicted molar refractivity (Wildman–Crippen MR) is 126 cm³/mol. The van der Waals surface area contributed by atoms with Gasteiger partial charge in [-0.2, -0.15) is 5.10 Å². The van der Waals surface area contributed by atoms with E-state index < -0.39 is 0 Å². The molecule has 0 spiro atoms. The summed E-state index contributed by atoms with van der Waals surface area (Å²) in [6, 6.07) is 9.81. The lowest BCUT2D eigenvalue weighted by Gasteiger charge is -2.34. The van der Waals surface area contributed by atoms with Crippen LogP contribution in [0, 0.1) is 0 Å². The number of pyridine rings is 1. The van der Waals surface area contributed by atoms with Crippen LogP contribution in [0.4, 0.5) is 11.6 Å². The molecule has 0 fully saturated rings. The second-order valence-corrected chi connectivity index (χ2v) is 8.91. The van der Waals surface area contributed by atoms with Crippen molar-refractivity contribution >= 4 is 39.6 Å². The van der Waals surface area contributed by atoms with Crippen LogP contribution in [-0.2, 0) is 0 Å². The van der Waals surface area contributed by atoms with Crippen LogP contribution < -0.4 is 9.80 Å². The number of carbonyl (C=O) groups excluding carboxylic acids is 1. The molecule has 3 aromatic heterocycles. The van der Waals surface area contributed by atoms with Gasteiger partial charge < -0.3 is 4.90 Å². The second-order valence-electron chi connectivity index (χ2n) is 8.91. The minimum Gasteiger partial charge on any atom is -0.355 e. The molecule has 0 aliphatic carbocycles. The number of likely N-dealkylation sites (N-methyl/N-ethyl adjacent to an activating group) is 1. The Kier molecular flexibility index (Phi) is 4.80. The standard InChI is InChI=1S/C24H27N7O/c1-14(2)20-12-16(17-13-25-31(15(3)4)21(17)28-20)24(32)30-11-10-29(5)22-23(30)27-19-9-7-6-8-18(19)26-22/h6-9,12-15H,10-11H2,1-5H3. The number of benzene rings is 1. The molecule has 1 aliphatic heterocycles. The van der Waals surface area contributed by atoms with E-state index in [1.54, 1.807) is 11.1 Å². The second kappa shape index (κ2) is 7.55. The Morgan fingerprint density at radius 1 is 0.969 bits per heavy atom. The van der Waals surface area contributed by atoms with E-state index in [1.807, 2.05) is 42.1 Å². The number of para-hydroxylation sites is 2. The Bertz CT molecular complexity index is 1340. The summed E-state index contributed by atoms with van der Waals surface area (Å²) in [5.41, 5.74) is 3.82. The zero-order chi connectivity index (χ0) is 22.6. The number of anilines is 2. The first-order valence-corrected chi connectivity index (χ1v) is 11.0. The van der Waals surface area contributed by atoms with Gasteiger partial charge in [0, 0.05) is 31.9 Å². The van der Waals surface area contributed by atoms with Crippen molar-refractivity contribution in [1.82, 2.24) is 24.7 Å². The molecule has 1 aliphatic rings. The number of aromatic nitrogens is 5. The normalized spacial score (nSPS) is 14.1. The van der Waals surface area contributed by atoms with Crippen molar-refractivity contribution in [2.75, 3.05) is 29.9 Å². The van der Waals surface area contributed by atoms with Gasteiger partial charge in [-0.05, 0) is 38.0 Å². The summed E-state index contributed by atoms with van der Waals surface area (Å²) in [6.45, 7) is 9.52. The van der Waals surface area contributed by atoms with E-state index in [4.69, 9.17) is 15.0 Å². The maximum Gasteiger partial charge on any atom is 0.260 e. The smallest absolute Gasteiger partial charge is 0.260 e. The lowest BCUT2D eigenvalue weighted by molar-refractivity contribution is 0.0987. The highest BCUT2D eigenvalue weighted by atomic mass is 16.2. The zero-order valence-corrected chi connectivity index (χ0v) is 19.1. The molecule has 0 atom stereocenters. The van der Waals surface area contributed by atoms with Crippen molar-refractivity contribution in [3.05, 3.63) is 47.8 Å². The van der Waals surface area contributed by atoms with E-state index in [1.165, 1.54) is 0 Å². The first-order chi connectivity index (χ1) is 15.3. The number of hydrogen-bond acceptors (Lipinski definition) is 6. The molecule has 0 saturated heterocycles. The van der Waals surface area contributed by atoms with E-state index >= 15 is 0 Å². The minimum atomic E-state index is -0.0958. The highest BCUT2D eigenvalue weighted by Gasteiger charge is 2.31. The summed E-state index contributed by atoms with van der Waals surface area (Å²) in [7, 11) is 1.98. The third kappa shape index (κ3) is 3.18. The van der Waals surface area contributed by atoms with Crippen molar-refractivity contribution in [2.45, 2.75) is 39.7 Å². The molecule has 0 N–H and O–H groups in total. The highest BCUT2D eigenvalue weighted by Crippen LogP contribution is 2.33. The molecular formula is C24H27N7O. The van der Waals surface area contributed by atoms with Crippen LogP contribution in [0.2, 0.25) is 0 Å². The van der Waals surface area contributed by atoms with E-state index in [-0.39, 0.29) is 17.9 Å². The average Bonchev–Trinajstić information content (AvgIpc) is 3.21. The van der Waals surface area contributed by atoms with Crippen LogP contribution >= 0.6 is 0 Å².